The second-order valence-corrected chi connectivity index (χ2v) is 9.07. The molecule has 134 valence electrons. The van der Waals surface area contributed by atoms with Crippen molar-refractivity contribution in [1.29, 1.82) is 0 Å². The molecule has 0 aliphatic heterocycles. The van der Waals surface area contributed by atoms with Gasteiger partial charge in [-0.15, -0.1) is 0 Å². The number of nitrogens with zero attached hydrogens (tertiary/aromatic N) is 4. The van der Waals surface area contributed by atoms with Crippen molar-refractivity contribution in [3.05, 3.63) is 60.3 Å². The Kier molecular flexibility index (Phi) is 3.52. The average molecular weight is 346 g/mol. The second-order valence-electron chi connectivity index (χ2n) is 9.07. The Morgan fingerprint density at radius 1 is 0.923 bits per heavy atom. The highest BCUT2D eigenvalue weighted by molar-refractivity contribution is 5.68. The van der Waals surface area contributed by atoms with Crippen LogP contribution in [-0.2, 0) is 10.8 Å². The van der Waals surface area contributed by atoms with Gasteiger partial charge < -0.3 is 8.80 Å². The number of imidazole rings is 2. The van der Waals surface area contributed by atoms with Crippen LogP contribution in [0.5, 0.6) is 0 Å². The summed E-state index contributed by atoms with van der Waals surface area (Å²) < 4.78 is 4.28. The third-order valence-electron chi connectivity index (χ3n) is 4.87. The van der Waals surface area contributed by atoms with E-state index in [4.69, 9.17) is 4.98 Å². The van der Waals surface area contributed by atoms with Crippen molar-refractivity contribution in [1.82, 2.24) is 18.8 Å². The summed E-state index contributed by atoms with van der Waals surface area (Å²) in [6.07, 6.45) is 8.24. The summed E-state index contributed by atoms with van der Waals surface area (Å²) in [5.74, 6) is 0. The highest BCUT2D eigenvalue weighted by Gasteiger charge is 2.20. The topological polar surface area (TPSA) is 34.6 Å². The van der Waals surface area contributed by atoms with Gasteiger partial charge in [0.15, 0.2) is 0 Å². The van der Waals surface area contributed by atoms with Gasteiger partial charge in [-0.1, -0.05) is 47.6 Å². The summed E-state index contributed by atoms with van der Waals surface area (Å²) in [7, 11) is 0. The molecule has 0 atom stereocenters. The van der Waals surface area contributed by atoms with Crippen LogP contribution in [0.25, 0.3) is 22.6 Å². The largest absolute Gasteiger partial charge is 0.306 e. The maximum atomic E-state index is 4.94. The van der Waals surface area contributed by atoms with E-state index in [0.717, 1.165) is 22.6 Å². The van der Waals surface area contributed by atoms with Crippen LogP contribution in [0.3, 0.4) is 0 Å². The van der Waals surface area contributed by atoms with Crippen molar-refractivity contribution in [2.45, 2.75) is 52.4 Å². The Morgan fingerprint density at radius 3 is 2.38 bits per heavy atom. The van der Waals surface area contributed by atoms with Gasteiger partial charge in [0, 0.05) is 47.0 Å². The zero-order valence-corrected chi connectivity index (χ0v) is 16.4. The number of fused-ring (bicyclic) bond motifs is 2. The zero-order valence-electron chi connectivity index (χ0n) is 16.4. The van der Waals surface area contributed by atoms with E-state index in [-0.39, 0.29) is 10.8 Å². The SMILES string of the molecule is CC(C)(C)c1cccn2cc(-c3ccn4c(C(C)(C)C)cnc4c3)nc12. The van der Waals surface area contributed by atoms with Crippen molar-refractivity contribution in [3.63, 3.8) is 0 Å². The van der Waals surface area contributed by atoms with Crippen molar-refractivity contribution in [3.8, 4) is 11.3 Å². The molecule has 4 nitrogen and oxygen atoms in total. The summed E-state index contributed by atoms with van der Waals surface area (Å²) in [5, 5.41) is 0. The van der Waals surface area contributed by atoms with Gasteiger partial charge in [-0.25, -0.2) is 9.97 Å². The summed E-state index contributed by atoms with van der Waals surface area (Å²) >= 11 is 0. The first-order chi connectivity index (χ1) is 12.1. The molecule has 0 bridgehead atoms. The molecule has 4 aromatic heterocycles. The lowest BCUT2D eigenvalue weighted by atomic mass is 9.88. The summed E-state index contributed by atoms with van der Waals surface area (Å²) in [6, 6.07) is 8.50. The Bertz CT molecular complexity index is 1100. The molecular weight excluding hydrogens is 320 g/mol. The molecule has 0 radical (unpaired) electrons. The predicted molar refractivity (Wildman–Crippen MR) is 107 cm³/mol. The minimum Gasteiger partial charge on any atom is -0.306 e. The van der Waals surface area contributed by atoms with Gasteiger partial charge in [0.1, 0.15) is 11.3 Å². The fourth-order valence-corrected chi connectivity index (χ4v) is 3.43. The maximum absolute atomic E-state index is 4.94. The van der Waals surface area contributed by atoms with E-state index in [0.29, 0.717) is 0 Å². The number of rotatable bonds is 1. The van der Waals surface area contributed by atoms with Gasteiger partial charge in [0.2, 0.25) is 0 Å². The number of aromatic nitrogens is 4. The van der Waals surface area contributed by atoms with Crippen molar-refractivity contribution in [2.24, 2.45) is 0 Å². The van der Waals surface area contributed by atoms with Crippen molar-refractivity contribution >= 4 is 11.3 Å². The molecule has 4 aromatic rings. The minimum atomic E-state index is 0.0553. The summed E-state index contributed by atoms with van der Waals surface area (Å²) in [4.78, 5) is 9.55. The fraction of sp³-hybridized carbons (Fsp3) is 0.364. The molecule has 0 spiro atoms. The summed E-state index contributed by atoms with van der Waals surface area (Å²) in [6.45, 7) is 13.3. The highest BCUT2D eigenvalue weighted by Crippen LogP contribution is 2.29. The third kappa shape index (κ3) is 2.70. The Labute approximate surface area is 154 Å². The van der Waals surface area contributed by atoms with Crippen molar-refractivity contribution in [2.75, 3.05) is 0 Å². The van der Waals surface area contributed by atoms with Crippen LogP contribution in [0.4, 0.5) is 0 Å². The zero-order chi connectivity index (χ0) is 18.7. The molecule has 0 N–H and O–H groups in total. The molecule has 0 saturated heterocycles. The average Bonchev–Trinajstić information content (AvgIpc) is 3.16. The normalized spacial score (nSPS) is 13.0. The molecule has 26 heavy (non-hydrogen) atoms. The first-order valence-electron chi connectivity index (χ1n) is 9.11. The van der Waals surface area contributed by atoms with E-state index in [1.54, 1.807) is 0 Å². The Balaban J connectivity index is 1.86. The first kappa shape index (κ1) is 16.8. The smallest absolute Gasteiger partial charge is 0.141 e. The molecular formula is C22H26N4. The molecule has 0 fully saturated rings. The number of hydrogen-bond donors (Lipinski definition) is 0. The summed E-state index contributed by atoms with van der Waals surface area (Å²) in [5.41, 5.74) is 6.63. The van der Waals surface area contributed by atoms with Crippen LogP contribution in [0, 0.1) is 0 Å². The predicted octanol–water partition coefficient (Wildman–Crippen LogP) is 5.24. The molecule has 4 heteroatoms. The third-order valence-corrected chi connectivity index (χ3v) is 4.87. The van der Waals surface area contributed by atoms with Crippen LogP contribution >= 0.6 is 0 Å². The second kappa shape index (κ2) is 5.44. The Hall–Kier alpha value is -2.62. The number of pyridine rings is 2. The molecule has 0 aliphatic carbocycles. The van der Waals surface area contributed by atoms with E-state index >= 15 is 0 Å². The van der Waals surface area contributed by atoms with Gasteiger partial charge in [-0.3, -0.25) is 0 Å². The molecule has 0 unspecified atom stereocenters. The lowest BCUT2D eigenvalue weighted by molar-refractivity contribution is 0.563. The molecule has 0 aromatic carbocycles. The standard InChI is InChI=1S/C22H26N4/c1-21(2,3)16-8-7-10-25-14-17(24-20(16)25)15-9-11-26-18(22(4,5)6)13-23-19(26)12-15/h7-14H,1-6H3. The fourth-order valence-electron chi connectivity index (χ4n) is 3.43. The Morgan fingerprint density at radius 2 is 1.69 bits per heavy atom. The molecule has 4 heterocycles. The van der Waals surface area contributed by atoms with Crippen LogP contribution < -0.4 is 0 Å². The molecule has 4 rings (SSSR count). The molecule has 0 aliphatic rings. The lowest BCUT2D eigenvalue weighted by Gasteiger charge is -2.19. The monoisotopic (exact) mass is 346 g/mol. The lowest BCUT2D eigenvalue weighted by Crippen LogP contribution is -2.13. The van der Waals surface area contributed by atoms with Crippen LogP contribution in [-0.4, -0.2) is 18.8 Å². The molecule has 0 amide bonds. The van der Waals surface area contributed by atoms with Gasteiger partial charge in [-0.2, -0.15) is 0 Å². The van der Waals surface area contributed by atoms with Gasteiger partial charge >= 0.3 is 0 Å². The van der Waals surface area contributed by atoms with Crippen molar-refractivity contribution < 1.29 is 0 Å². The highest BCUT2D eigenvalue weighted by atomic mass is 15.0. The van der Waals surface area contributed by atoms with E-state index in [9.17, 15) is 0 Å². The van der Waals surface area contributed by atoms with Gasteiger partial charge in [-0.05, 0) is 23.6 Å². The van der Waals surface area contributed by atoms with E-state index < -0.39 is 0 Å². The van der Waals surface area contributed by atoms with Crippen LogP contribution in [0.2, 0.25) is 0 Å². The van der Waals surface area contributed by atoms with E-state index in [2.05, 4.69) is 98.2 Å². The number of hydrogen-bond acceptors (Lipinski definition) is 2. The van der Waals surface area contributed by atoms with E-state index in [1.807, 2.05) is 6.20 Å². The molecule has 0 saturated carbocycles. The van der Waals surface area contributed by atoms with Crippen LogP contribution in [0.15, 0.2) is 49.1 Å². The van der Waals surface area contributed by atoms with E-state index in [1.165, 1.54) is 11.3 Å². The first-order valence-corrected chi connectivity index (χ1v) is 9.11. The van der Waals surface area contributed by atoms with Gasteiger partial charge in [0.25, 0.3) is 0 Å². The van der Waals surface area contributed by atoms with Gasteiger partial charge in [0.05, 0.1) is 5.69 Å². The van der Waals surface area contributed by atoms with Crippen LogP contribution in [0.1, 0.15) is 52.8 Å². The maximum Gasteiger partial charge on any atom is 0.141 e. The minimum absolute atomic E-state index is 0.0553. The quantitative estimate of drug-likeness (QED) is 0.472.